The number of fused-ring (bicyclic) bond motifs is 3. The molecule has 0 aliphatic carbocycles. The van der Waals surface area contributed by atoms with E-state index in [2.05, 4.69) is 20.5 Å². The number of azo groups is 2. The molecule has 0 heterocycles. The Hall–Kier alpha value is -5.17. The molecule has 0 radical (unpaired) electrons. The number of nitrogen functional groups attached to an aromatic ring is 1. The standard InChI is InChI=1S/C30H21N5O9S3/c31-25-9-10-28(23-15-17(45(36,37)38)5-7-19(23)25)34-32-26-11-12-29(24-16-18(46(39,40)41)6-8-21(24)26)35-33-27-13-14-30(47(42,43)44)22-4-2-1-3-20(22)27/h1-16H,31H2,(H,36,37,38)(H,39,40,41)(H,42,43,44). The number of anilines is 1. The van der Waals surface area contributed by atoms with Gasteiger partial charge in [0.25, 0.3) is 30.4 Å². The van der Waals surface area contributed by atoms with Gasteiger partial charge < -0.3 is 5.73 Å². The van der Waals surface area contributed by atoms with E-state index in [-0.39, 0.29) is 43.3 Å². The molecule has 0 unspecified atom stereocenters. The Morgan fingerprint density at radius 1 is 0.426 bits per heavy atom. The average Bonchev–Trinajstić information content (AvgIpc) is 3.01. The summed E-state index contributed by atoms with van der Waals surface area (Å²) in [6.45, 7) is 0. The van der Waals surface area contributed by atoms with Crippen molar-refractivity contribution in [1.29, 1.82) is 0 Å². The van der Waals surface area contributed by atoms with Gasteiger partial charge in [-0.2, -0.15) is 25.3 Å². The zero-order chi connectivity index (χ0) is 33.7. The molecule has 5 N–H and O–H groups in total. The zero-order valence-electron chi connectivity index (χ0n) is 23.6. The van der Waals surface area contributed by atoms with Crippen LogP contribution < -0.4 is 5.73 Å². The summed E-state index contributed by atoms with van der Waals surface area (Å²) in [7, 11) is -13.7. The van der Waals surface area contributed by atoms with Crippen LogP contribution in [0.4, 0.5) is 28.4 Å². The van der Waals surface area contributed by atoms with E-state index in [0.29, 0.717) is 27.2 Å². The Balaban J connectivity index is 1.49. The van der Waals surface area contributed by atoms with E-state index < -0.39 is 35.2 Å². The van der Waals surface area contributed by atoms with Crippen molar-refractivity contribution in [3.8, 4) is 0 Å². The van der Waals surface area contributed by atoms with Gasteiger partial charge in [0.1, 0.15) is 4.90 Å². The highest BCUT2D eigenvalue weighted by Crippen LogP contribution is 2.39. The van der Waals surface area contributed by atoms with Crippen LogP contribution in [0.3, 0.4) is 0 Å². The molecule has 0 aliphatic rings. The average molecular weight is 692 g/mol. The fourth-order valence-corrected chi connectivity index (χ4v) is 6.71. The van der Waals surface area contributed by atoms with Crippen LogP contribution in [0.15, 0.2) is 132 Å². The van der Waals surface area contributed by atoms with Gasteiger partial charge in [0, 0.05) is 38.0 Å². The minimum Gasteiger partial charge on any atom is -0.398 e. The molecule has 0 saturated carbocycles. The molecule has 238 valence electrons. The van der Waals surface area contributed by atoms with Crippen molar-refractivity contribution in [2.24, 2.45) is 20.5 Å². The Bertz CT molecular complexity index is 2680. The largest absolute Gasteiger partial charge is 0.398 e. The number of rotatable bonds is 7. The fourth-order valence-electron chi connectivity index (χ4n) is 5.00. The van der Waals surface area contributed by atoms with Crippen molar-refractivity contribution in [3.63, 3.8) is 0 Å². The van der Waals surface area contributed by atoms with Gasteiger partial charge in [-0.05, 0) is 60.7 Å². The van der Waals surface area contributed by atoms with Crippen LogP contribution in [0, 0.1) is 0 Å². The minimum absolute atomic E-state index is 0.156. The summed E-state index contributed by atoms with van der Waals surface area (Å²) >= 11 is 0. The first-order chi connectivity index (χ1) is 22.1. The van der Waals surface area contributed by atoms with E-state index >= 15 is 0 Å². The van der Waals surface area contributed by atoms with Crippen molar-refractivity contribution in [3.05, 3.63) is 97.1 Å². The van der Waals surface area contributed by atoms with Crippen molar-refractivity contribution in [2.45, 2.75) is 14.7 Å². The Labute approximate surface area is 267 Å². The van der Waals surface area contributed by atoms with Crippen LogP contribution in [0.2, 0.25) is 0 Å². The topological polar surface area (TPSA) is 239 Å². The van der Waals surface area contributed by atoms with Gasteiger partial charge in [-0.3, -0.25) is 13.7 Å². The highest BCUT2D eigenvalue weighted by Gasteiger charge is 2.17. The molecule has 0 atom stereocenters. The van der Waals surface area contributed by atoms with Crippen LogP contribution in [-0.4, -0.2) is 38.9 Å². The summed E-state index contributed by atoms with van der Waals surface area (Å²) in [6.07, 6.45) is 0. The second kappa shape index (κ2) is 11.6. The van der Waals surface area contributed by atoms with Gasteiger partial charge >= 0.3 is 0 Å². The molecule has 6 aromatic rings. The third-order valence-electron chi connectivity index (χ3n) is 7.21. The van der Waals surface area contributed by atoms with Crippen molar-refractivity contribution in [2.75, 3.05) is 5.73 Å². The van der Waals surface area contributed by atoms with Crippen molar-refractivity contribution in [1.82, 2.24) is 0 Å². The molecule has 14 nitrogen and oxygen atoms in total. The first kappa shape index (κ1) is 31.8. The van der Waals surface area contributed by atoms with Crippen molar-refractivity contribution >= 4 is 91.1 Å². The molecular formula is C30H21N5O9S3. The molecular weight excluding hydrogens is 671 g/mol. The summed E-state index contributed by atoms with van der Waals surface area (Å²) in [6, 6.07) is 22.5. The first-order valence-electron chi connectivity index (χ1n) is 13.3. The Morgan fingerprint density at radius 2 is 0.830 bits per heavy atom. The second-order valence-corrected chi connectivity index (χ2v) is 14.4. The molecule has 0 amide bonds. The SMILES string of the molecule is Nc1ccc(N=Nc2ccc(N=Nc3ccc(S(=O)(=O)O)c4ccccc34)c3cc(S(=O)(=O)O)ccc23)c2cc(S(=O)(=O)O)ccc12. The van der Waals surface area contributed by atoms with Crippen LogP contribution in [0.5, 0.6) is 0 Å². The molecule has 0 bridgehead atoms. The quantitative estimate of drug-likeness (QED) is 0.0739. The lowest BCUT2D eigenvalue weighted by atomic mass is 10.1. The fraction of sp³-hybridized carbons (Fsp3) is 0. The van der Waals surface area contributed by atoms with Gasteiger partial charge in [0.15, 0.2) is 0 Å². The van der Waals surface area contributed by atoms with Gasteiger partial charge in [-0.15, -0.1) is 20.5 Å². The van der Waals surface area contributed by atoms with Crippen LogP contribution >= 0.6 is 0 Å². The van der Waals surface area contributed by atoms with E-state index in [4.69, 9.17) is 5.73 Å². The molecule has 17 heteroatoms. The lowest BCUT2D eigenvalue weighted by molar-refractivity contribution is 0.481. The summed E-state index contributed by atoms with van der Waals surface area (Å²) in [5, 5.41) is 19.0. The first-order valence-corrected chi connectivity index (χ1v) is 17.6. The van der Waals surface area contributed by atoms with Gasteiger partial charge in [0.2, 0.25) is 0 Å². The Morgan fingerprint density at radius 3 is 1.34 bits per heavy atom. The normalized spacial score (nSPS) is 13.0. The molecule has 0 aromatic heterocycles. The maximum atomic E-state index is 12.0. The third-order valence-corrected chi connectivity index (χ3v) is 9.82. The molecule has 6 aromatic carbocycles. The number of hydrogen-bond acceptors (Lipinski definition) is 11. The van der Waals surface area contributed by atoms with Crippen LogP contribution in [0.25, 0.3) is 32.3 Å². The number of nitrogens with two attached hydrogens (primary N) is 1. The van der Waals surface area contributed by atoms with Crippen LogP contribution in [-0.2, 0) is 30.4 Å². The summed E-state index contributed by atoms with van der Waals surface area (Å²) in [4.78, 5) is -1.11. The lowest BCUT2D eigenvalue weighted by Gasteiger charge is -2.09. The molecule has 0 fully saturated rings. The lowest BCUT2D eigenvalue weighted by Crippen LogP contribution is -1.98. The number of hydrogen-bond donors (Lipinski definition) is 4. The smallest absolute Gasteiger partial charge is 0.295 e. The second-order valence-electron chi connectivity index (χ2n) is 10.1. The van der Waals surface area contributed by atoms with Crippen molar-refractivity contribution < 1.29 is 38.9 Å². The molecule has 0 spiro atoms. The number of nitrogens with zero attached hydrogens (tertiary/aromatic N) is 4. The zero-order valence-corrected chi connectivity index (χ0v) is 26.1. The van der Waals surface area contributed by atoms with E-state index in [0.717, 1.165) is 6.07 Å². The summed E-state index contributed by atoms with van der Waals surface area (Å²) in [5.74, 6) is 0. The van der Waals surface area contributed by atoms with Crippen LogP contribution in [0.1, 0.15) is 0 Å². The molecule has 47 heavy (non-hydrogen) atoms. The highest BCUT2D eigenvalue weighted by molar-refractivity contribution is 7.86. The van der Waals surface area contributed by atoms with E-state index in [1.165, 1.54) is 66.7 Å². The predicted octanol–water partition coefficient (Wildman–Crippen LogP) is 7.30. The van der Waals surface area contributed by atoms with Gasteiger partial charge in [-0.1, -0.05) is 36.4 Å². The van der Waals surface area contributed by atoms with Gasteiger partial charge in [0.05, 0.1) is 32.5 Å². The van der Waals surface area contributed by atoms with E-state index in [9.17, 15) is 38.9 Å². The molecule has 6 rings (SSSR count). The Kier molecular flexibility index (Phi) is 7.83. The maximum absolute atomic E-state index is 12.0. The van der Waals surface area contributed by atoms with E-state index in [1.54, 1.807) is 24.3 Å². The van der Waals surface area contributed by atoms with Gasteiger partial charge in [-0.25, -0.2) is 0 Å². The monoisotopic (exact) mass is 691 g/mol. The van der Waals surface area contributed by atoms with E-state index in [1.807, 2.05) is 0 Å². The highest BCUT2D eigenvalue weighted by atomic mass is 32.2. The summed E-state index contributed by atoms with van der Waals surface area (Å²) in [5.41, 5.74) is 7.23. The number of benzene rings is 6. The minimum atomic E-state index is -4.63. The third kappa shape index (κ3) is 6.30. The maximum Gasteiger partial charge on any atom is 0.295 e. The molecule has 0 saturated heterocycles. The molecule has 0 aliphatic heterocycles. The predicted molar refractivity (Wildman–Crippen MR) is 174 cm³/mol. The summed E-state index contributed by atoms with van der Waals surface area (Å²) < 4.78 is 100.